The fourth-order valence-electron chi connectivity index (χ4n) is 2.40. The van der Waals surface area contributed by atoms with Gasteiger partial charge in [0.2, 0.25) is 5.88 Å². The predicted molar refractivity (Wildman–Crippen MR) is 80.2 cm³/mol. The van der Waals surface area contributed by atoms with Crippen LogP contribution in [0.15, 0.2) is 27.8 Å². The van der Waals surface area contributed by atoms with Gasteiger partial charge in [0.25, 0.3) is 0 Å². The molecule has 102 valence electrons. The topological polar surface area (TPSA) is 61.4 Å². The number of aromatic hydroxyl groups is 1. The van der Waals surface area contributed by atoms with Gasteiger partial charge >= 0.3 is 0 Å². The number of fused-ring (bicyclic) bond motifs is 1. The van der Waals surface area contributed by atoms with E-state index in [4.69, 9.17) is 5.53 Å². The van der Waals surface area contributed by atoms with Gasteiger partial charge in [-0.3, -0.25) is 0 Å². The van der Waals surface area contributed by atoms with Crippen molar-refractivity contribution >= 4 is 32.5 Å². The van der Waals surface area contributed by atoms with Crippen LogP contribution < -0.4 is 0 Å². The number of nitrogens with one attached hydrogen (secondary N) is 1. The van der Waals surface area contributed by atoms with E-state index < -0.39 is 0 Å². The van der Waals surface area contributed by atoms with E-state index in [-0.39, 0.29) is 5.88 Å². The second-order valence-electron chi connectivity index (χ2n) is 4.74. The van der Waals surface area contributed by atoms with Crippen LogP contribution in [0.5, 0.6) is 5.88 Å². The number of nitrogens with zero attached hydrogens (tertiary/aromatic N) is 2. The van der Waals surface area contributed by atoms with Crippen molar-refractivity contribution in [2.75, 3.05) is 0 Å². The van der Waals surface area contributed by atoms with Crippen LogP contribution >= 0.6 is 15.9 Å². The molecule has 1 aromatic carbocycles. The Hall–Kier alpha value is -1.36. The highest BCUT2D eigenvalue weighted by Gasteiger charge is 2.18. The molecule has 0 aliphatic carbocycles. The Morgan fingerprint density at radius 2 is 2.05 bits per heavy atom. The monoisotopic (exact) mass is 323 g/mol. The third-order valence-corrected chi connectivity index (χ3v) is 4.17. The summed E-state index contributed by atoms with van der Waals surface area (Å²) >= 11 is 3.41. The van der Waals surface area contributed by atoms with Crippen LogP contribution in [0, 0.1) is 11.4 Å². The maximum Gasteiger partial charge on any atom is 0.220 e. The second kappa shape index (κ2) is 5.74. The molecule has 0 spiro atoms. The van der Waals surface area contributed by atoms with E-state index in [9.17, 15) is 5.11 Å². The molecule has 19 heavy (non-hydrogen) atoms. The first kappa shape index (κ1) is 14.1. The molecule has 0 unspecified atom stereocenters. The van der Waals surface area contributed by atoms with Crippen LogP contribution in [0.25, 0.3) is 10.9 Å². The van der Waals surface area contributed by atoms with Gasteiger partial charge in [-0.25, -0.2) is 5.53 Å². The van der Waals surface area contributed by atoms with Crippen molar-refractivity contribution in [3.63, 3.8) is 0 Å². The number of benzene rings is 1. The van der Waals surface area contributed by atoms with Crippen molar-refractivity contribution < 1.29 is 5.11 Å². The fourth-order valence-corrected chi connectivity index (χ4v) is 2.76. The average molecular weight is 324 g/mol. The highest BCUT2D eigenvalue weighted by Crippen LogP contribution is 2.40. The third kappa shape index (κ3) is 2.52. The molecule has 2 aromatic rings. The maximum absolute atomic E-state index is 10.3. The van der Waals surface area contributed by atoms with E-state index in [0.717, 1.165) is 34.8 Å². The highest BCUT2D eigenvalue weighted by atomic mass is 79.9. The quantitative estimate of drug-likeness (QED) is 0.729. The second-order valence-corrected chi connectivity index (χ2v) is 5.65. The molecule has 0 saturated heterocycles. The summed E-state index contributed by atoms with van der Waals surface area (Å²) in [5.74, 6) is 0.610. The number of hydrogen-bond acceptors (Lipinski definition) is 3. The Labute approximate surface area is 121 Å². The molecule has 0 amide bonds. The molecule has 4 nitrogen and oxygen atoms in total. The number of halogens is 1. The zero-order valence-electron chi connectivity index (χ0n) is 11.2. The van der Waals surface area contributed by atoms with Gasteiger partial charge < -0.3 is 9.67 Å². The van der Waals surface area contributed by atoms with Gasteiger partial charge in [-0.2, -0.15) is 5.11 Å². The highest BCUT2D eigenvalue weighted by molar-refractivity contribution is 9.10. The lowest BCUT2D eigenvalue weighted by molar-refractivity contribution is 0.369. The summed E-state index contributed by atoms with van der Waals surface area (Å²) in [6.07, 6.45) is 2.14. The van der Waals surface area contributed by atoms with Crippen molar-refractivity contribution in [1.29, 1.82) is 5.53 Å². The van der Waals surface area contributed by atoms with E-state index >= 15 is 0 Å². The normalized spacial score (nSPS) is 11.4. The lowest BCUT2D eigenvalue weighted by Gasteiger charge is -2.15. The van der Waals surface area contributed by atoms with E-state index in [1.165, 1.54) is 0 Å². The number of rotatable bonds is 5. The minimum atomic E-state index is 0.0926. The Balaban J connectivity index is 2.60. The first-order chi connectivity index (χ1) is 9.12. The van der Waals surface area contributed by atoms with Crippen LogP contribution in [0.3, 0.4) is 0 Å². The average Bonchev–Trinajstić information content (AvgIpc) is 2.67. The van der Waals surface area contributed by atoms with Crippen LogP contribution in [-0.4, -0.2) is 9.67 Å². The SMILES string of the molecule is CCC(CC)Cn1c(O)c(N=N)c2cc(Br)ccc21. The Morgan fingerprint density at radius 3 is 2.63 bits per heavy atom. The molecule has 0 saturated carbocycles. The van der Waals surface area contributed by atoms with E-state index in [1.54, 1.807) is 0 Å². The Kier molecular flexibility index (Phi) is 4.24. The summed E-state index contributed by atoms with van der Waals surface area (Å²) in [6.45, 7) is 5.07. The molecule has 2 rings (SSSR count). The first-order valence-electron chi connectivity index (χ1n) is 6.50. The van der Waals surface area contributed by atoms with Crippen molar-refractivity contribution in [1.82, 2.24) is 4.57 Å². The number of hydrogen-bond donors (Lipinski definition) is 2. The summed E-state index contributed by atoms with van der Waals surface area (Å²) < 4.78 is 2.79. The Bertz CT molecular complexity index is 602. The van der Waals surface area contributed by atoms with Gasteiger partial charge in [0, 0.05) is 16.4 Å². The summed E-state index contributed by atoms with van der Waals surface area (Å²) in [4.78, 5) is 0. The molecule has 5 heteroatoms. The van der Waals surface area contributed by atoms with Gasteiger partial charge in [0.1, 0.15) is 0 Å². The lowest BCUT2D eigenvalue weighted by Crippen LogP contribution is -2.08. The zero-order valence-corrected chi connectivity index (χ0v) is 12.7. The van der Waals surface area contributed by atoms with E-state index in [1.807, 2.05) is 22.8 Å². The molecule has 0 fully saturated rings. The van der Waals surface area contributed by atoms with Crippen molar-refractivity contribution in [2.24, 2.45) is 11.0 Å². The molecule has 0 aliphatic rings. The predicted octanol–water partition coefficient (Wildman–Crippen LogP) is 5.21. The minimum absolute atomic E-state index is 0.0926. The van der Waals surface area contributed by atoms with Crippen molar-refractivity contribution in [2.45, 2.75) is 33.2 Å². The molecular formula is C14H18BrN3O. The molecule has 0 atom stereocenters. The standard InChI is InChI=1S/C14H18BrN3O/c1-3-9(4-2)8-18-12-6-5-10(15)7-11(12)13(17-16)14(18)19/h5-7,9,16,19H,3-4,8H2,1-2H3. The van der Waals surface area contributed by atoms with Crippen molar-refractivity contribution in [3.8, 4) is 5.88 Å². The molecule has 0 radical (unpaired) electrons. The van der Waals surface area contributed by atoms with Crippen LogP contribution in [-0.2, 0) is 6.54 Å². The minimum Gasteiger partial charge on any atom is -0.493 e. The fraction of sp³-hybridized carbons (Fsp3) is 0.429. The van der Waals surface area contributed by atoms with Gasteiger partial charge in [0.15, 0.2) is 5.69 Å². The Morgan fingerprint density at radius 1 is 1.37 bits per heavy atom. The van der Waals surface area contributed by atoms with Crippen LogP contribution in [0.1, 0.15) is 26.7 Å². The first-order valence-corrected chi connectivity index (χ1v) is 7.29. The largest absolute Gasteiger partial charge is 0.493 e. The van der Waals surface area contributed by atoms with Gasteiger partial charge in [-0.1, -0.05) is 42.6 Å². The van der Waals surface area contributed by atoms with E-state index in [0.29, 0.717) is 11.6 Å². The molecule has 1 heterocycles. The summed E-state index contributed by atoms with van der Waals surface area (Å²) in [6, 6.07) is 5.79. The smallest absolute Gasteiger partial charge is 0.220 e. The van der Waals surface area contributed by atoms with Crippen LogP contribution in [0.4, 0.5) is 5.69 Å². The van der Waals surface area contributed by atoms with Crippen LogP contribution in [0.2, 0.25) is 0 Å². The number of aromatic nitrogens is 1. The van der Waals surface area contributed by atoms with E-state index in [2.05, 4.69) is 34.9 Å². The maximum atomic E-state index is 10.3. The third-order valence-electron chi connectivity index (χ3n) is 3.68. The summed E-state index contributed by atoms with van der Waals surface area (Å²) in [5, 5.41) is 14.6. The summed E-state index contributed by atoms with van der Waals surface area (Å²) in [7, 11) is 0. The molecule has 2 N–H and O–H groups in total. The van der Waals surface area contributed by atoms with Crippen molar-refractivity contribution in [3.05, 3.63) is 22.7 Å². The summed E-state index contributed by atoms with van der Waals surface area (Å²) in [5.41, 5.74) is 8.54. The van der Waals surface area contributed by atoms with Gasteiger partial charge in [0.05, 0.1) is 5.52 Å². The lowest BCUT2D eigenvalue weighted by atomic mass is 10.0. The molecular weight excluding hydrogens is 306 g/mol. The molecule has 0 aliphatic heterocycles. The molecule has 1 aromatic heterocycles. The molecule has 0 bridgehead atoms. The van der Waals surface area contributed by atoms with Gasteiger partial charge in [-0.05, 0) is 24.1 Å². The van der Waals surface area contributed by atoms with Gasteiger partial charge in [-0.15, -0.1) is 0 Å². The zero-order chi connectivity index (χ0) is 14.0.